The molecule has 3 aromatic heterocycles. The van der Waals surface area contributed by atoms with Crippen LogP contribution in [-0.2, 0) is 26.5 Å². The first-order valence-corrected chi connectivity index (χ1v) is 19.3. The molecule has 233 valence electrons. The number of thiophene rings is 1. The van der Waals surface area contributed by atoms with E-state index in [4.69, 9.17) is 9.60 Å². The summed E-state index contributed by atoms with van der Waals surface area (Å²) in [5.41, 5.74) is 5.10. The molecule has 46 heavy (non-hydrogen) atoms. The quantitative estimate of drug-likeness (QED) is 0.123. The summed E-state index contributed by atoms with van der Waals surface area (Å²) in [6.07, 6.45) is 2.28. The van der Waals surface area contributed by atoms with Gasteiger partial charge < -0.3 is 9.97 Å². The van der Waals surface area contributed by atoms with Crippen molar-refractivity contribution in [1.82, 2.24) is 9.97 Å². The molecule has 5 heteroatoms. The Labute approximate surface area is 301 Å². The molecule has 0 amide bonds. The van der Waals surface area contributed by atoms with Gasteiger partial charge in [0.05, 0.1) is 14.9 Å². The Morgan fingerprint density at radius 3 is 2.33 bits per heavy atom. The van der Waals surface area contributed by atoms with Crippen LogP contribution in [-0.4, -0.2) is 18.0 Å². The molecule has 0 bridgehead atoms. The number of aromatic nitrogens is 2. The van der Waals surface area contributed by atoms with E-state index in [9.17, 15) is 0 Å². The average Bonchev–Trinajstić information content (AvgIpc) is 3.52. The van der Waals surface area contributed by atoms with Crippen LogP contribution in [0.3, 0.4) is 0 Å². The maximum atomic E-state index is 8.55. The Balaban J connectivity index is 0.000000211. The van der Waals surface area contributed by atoms with Crippen LogP contribution in [0.25, 0.3) is 53.8 Å². The fraction of sp³-hybridized carbons (Fsp3) is 0.171. The van der Waals surface area contributed by atoms with E-state index < -0.39 is 14.4 Å². The Morgan fingerprint density at radius 1 is 0.826 bits per heavy atom. The van der Waals surface area contributed by atoms with Gasteiger partial charge in [-0.25, -0.2) is 0 Å². The minimum Gasteiger partial charge on any atom is -0.305 e. The van der Waals surface area contributed by atoms with E-state index in [0.29, 0.717) is 5.56 Å². The van der Waals surface area contributed by atoms with Crippen molar-refractivity contribution in [3.8, 4) is 33.6 Å². The van der Waals surface area contributed by atoms with Crippen LogP contribution in [0.2, 0.25) is 19.6 Å². The molecule has 1 radical (unpaired) electrons. The number of hydrogen-bond donors (Lipinski definition) is 0. The van der Waals surface area contributed by atoms with E-state index in [-0.39, 0.29) is 61.8 Å². The fourth-order valence-corrected chi connectivity index (χ4v) is 7.83. The molecule has 7 aromatic rings. The zero-order valence-corrected chi connectivity index (χ0v) is 30.6. The van der Waals surface area contributed by atoms with Gasteiger partial charge in [-0.1, -0.05) is 105 Å². The topological polar surface area (TPSA) is 25.8 Å². The van der Waals surface area contributed by atoms with Crippen molar-refractivity contribution in [3.63, 3.8) is 0 Å². The third-order valence-electron chi connectivity index (χ3n) is 7.28. The van der Waals surface area contributed by atoms with Gasteiger partial charge in [-0.2, -0.15) is 11.3 Å². The largest absolute Gasteiger partial charge is 0.305 e. The maximum absolute atomic E-state index is 8.55. The van der Waals surface area contributed by atoms with E-state index in [1.165, 1.54) is 0 Å². The summed E-state index contributed by atoms with van der Waals surface area (Å²) in [6, 6.07) is 30.0. The van der Waals surface area contributed by atoms with Crippen molar-refractivity contribution in [2.24, 2.45) is 5.92 Å². The van der Waals surface area contributed by atoms with Gasteiger partial charge in [-0.3, -0.25) is 0 Å². The van der Waals surface area contributed by atoms with Gasteiger partial charge in [0.15, 0.2) is 0 Å². The van der Waals surface area contributed by atoms with Crippen molar-refractivity contribution in [2.45, 2.75) is 39.9 Å². The minimum absolute atomic E-state index is 0. The molecule has 0 aliphatic heterocycles. The molecule has 7 rings (SSSR count). The fourth-order valence-electron chi connectivity index (χ4n) is 5.18. The van der Waals surface area contributed by atoms with Gasteiger partial charge in [0.2, 0.25) is 0 Å². The van der Waals surface area contributed by atoms with Crippen LogP contribution in [0, 0.1) is 18.1 Å². The van der Waals surface area contributed by atoms with Crippen LogP contribution < -0.4 is 5.19 Å². The molecule has 3 heterocycles. The molecule has 0 N–H and O–H groups in total. The first kappa shape index (κ1) is 25.4. The van der Waals surface area contributed by atoms with Crippen LogP contribution >= 0.6 is 11.3 Å². The zero-order valence-electron chi connectivity index (χ0n) is 33.4. The number of hydrogen-bond acceptors (Lipinski definition) is 3. The van der Waals surface area contributed by atoms with Gasteiger partial charge in [0.25, 0.3) is 0 Å². The zero-order chi connectivity index (χ0) is 37.5. The monoisotopic (exact) mass is 818 g/mol. The Bertz CT molecular complexity index is 2390. The van der Waals surface area contributed by atoms with Crippen molar-refractivity contribution < 1.29 is 29.7 Å². The Hall–Kier alpha value is -3.73. The van der Waals surface area contributed by atoms with Gasteiger partial charge in [0.1, 0.15) is 0 Å². The van der Waals surface area contributed by atoms with Crippen LogP contribution in [0.1, 0.15) is 29.0 Å². The molecule has 0 aliphatic carbocycles. The van der Waals surface area contributed by atoms with E-state index in [0.717, 1.165) is 53.4 Å². The van der Waals surface area contributed by atoms with E-state index in [1.807, 2.05) is 98.9 Å². The second-order valence-electron chi connectivity index (χ2n) is 12.1. The summed E-state index contributed by atoms with van der Waals surface area (Å²) in [5, 5.41) is 3.24. The number of rotatable bonds is 6. The molecule has 0 atom stereocenters. The van der Waals surface area contributed by atoms with Crippen molar-refractivity contribution >= 4 is 44.8 Å². The first-order valence-electron chi connectivity index (χ1n) is 18.4. The van der Waals surface area contributed by atoms with E-state index in [1.54, 1.807) is 17.5 Å². The smallest absolute Gasteiger partial charge is 0.0798 e. The molecule has 2 nitrogen and oxygen atoms in total. The van der Waals surface area contributed by atoms with E-state index in [2.05, 4.69) is 41.7 Å². The molecule has 0 aliphatic rings. The van der Waals surface area contributed by atoms with Crippen molar-refractivity contribution in [1.29, 1.82) is 0 Å². The third-order valence-corrected chi connectivity index (χ3v) is 10.5. The van der Waals surface area contributed by atoms with Crippen LogP contribution in [0.5, 0.6) is 0 Å². The summed E-state index contributed by atoms with van der Waals surface area (Å²) < 4.78 is 59.3. The number of fused-ring (bicyclic) bond motifs is 3. The van der Waals surface area contributed by atoms with Gasteiger partial charge in [0, 0.05) is 39.9 Å². The molecule has 4 aromatic carbocycles. The summed E-state index contributed by atoms with van der Waals surface area (Å²) in [5.74, 6) is -0.0856. The minimum atomic E-state index is -1.67. The summed E-state index contributed by atoms with van der Waals surface area (Å²) in [7, 11) is -1.67. The molecule has 0 fully saturated rings. The second kappa shape index (κ2) is 14.8. The number of pyridine rings is 2. The molecule has 0 unspecified atom stereocenters. The van der Waals surface area contributed by atoms with Gasteiger partial charge in [-0.15, -0.1) is 59.7 Å². The Kier molecular flexibility index (Phi) is 8.15. The second-order valence-corrected chi connectivity index (χ2v) is 18.2. The Morgan fingerprint density at radius 2 is 1.63 bits per heavy atom. The van der Waals surface area contributed by atoms with Crippen molar-refractivity contribution in [3.05, 3.63) is 139 Å². The predicted molar refractivity (Wildman–Crippen MR) is 197 cm³/mol. The standard InChI is InChI=1S/C23H14NS.C18H24NSi.Ir/c1-2-7-16(8-3-1)17-12-13-18-19-9-6-10-20(21-11-4-5-14-24-21)23(19)25-22(18)15-17;1-14(2)11-16-12-17(15-9-7-6-8-10-15)19-13-18(16)20(3,4)5;/h1-9,11-15H;6-9,12-14H,11H2,1-5H3;/q2*-1;/i1D,2D,3D,7D,8D;11D2;. The molecule has 0 saturated carbocycles. The van der Waals surface area contributed by atoms with Crippen LogP contribution in [0.4, 0.5) is 0 Å². The van der Waals surface area contributed by atoms with Crippen molar-refractivity contribution in [2.75, 3.05) is 0 Å². The SMILES string of the molecule is [2H]C([2H])(c1cc(-c2[c-]cccc2)ncc1[Si](C)(C)C)C(C)C.[2H]c1c([2H])c([2H])c(-c2ccc3c(c2)sc2c(-c4ccccn4)[c-]ccc23)c([2H])c1[2H].[Ir]. The molecular weight excluding hydrogens is 773 g/mol. The van der Waals surface area contributed by atoms with Gasteiger partial charge >= 0.3 is 0 Å². The molecule has 0 spiro atoms. The average molecular weight is 818 g/mol. The predicted octanol–water partition coefficient (Wildman–Crippen LogP) is 10.9. The number of benzene rings is 4. The van der Waals surface area contributed by atoms with E-state index >= 15 is 0 Å². The normalized spacial score (nSPS) is 13.7. The summed E-state index contributed by atoms with van der Waals surface area (Å²) in [4.78, 5) is 9.04. The van der Waals surface area contributed by atoms with Crippen LogP contribution in [0.15, 0.2) is 121 Å². The third kappa shape index (κ3) is 7.62. The summed E-state index contributed by atoms with van der Waals surface area (Å²) in [6.45, 7) is 10.6. The first-order chi connectivity index (χ1) is 24.6. The number of nitrogens with zero attached hydrogens (tertiary/aromatic N) is 2. The van der Waals surface area contributed by atoms with Gasteiger partial charge in [-0.05, 0) is 62.2 Å². The maximum Gasteiger partial charge on any atom is 0.0798 e. The molecular formula is C41H38IrN2SSi-2. The summed E-state index contributed by atoms with van der Waals surface area (Å²) >= 11 is 1.59. The molecule has 0 saturated heterocycles.